The molecule has 0 fully saturated rings. The number of phenols is 1. The first kappa shape index (κ1) is 14.2. The normalized spacial score (nSPS) is 19.2. The maximum Gasteiger partial charge on any atom is 0.224 e. The van der Waals surface area contributed by atoms with Crippen molar-refractivity contribution in [1.82, 2.24) is 0 Å². The Morgan fingerprint density at radius 3 is 2.62 bits per heavy atom. The molecular weight excluding hydrogens is 313 g/mol. The van der Waals surface area contributed by atoms with Crippen LogP contribution in [0.5, 0.6) is 5.75 Å². The summed E-state index contributed by atoms with van der Waals surface area (Å²) in [4.78, 5) is 11.6. The summed E-state index contributed by atoms with van der Waals surface area (Å²) in [6, 6.07) is 1.39. The molecule has 1 aliphatic carbocycles. The van der Waals surface area contributed by atoms with Crippen molar-refractivity contribution in [3.8, 4) is 5.75 Å². The van der Waals surface area contributed by atoms with Crippen LogP contribution in [-0.4, -0.2) is 21.3 Å². The van der Waals surface area contributed by atoms with Crippen molar-refractivity contribution in [3.05, 3.63) is 50.7 Å². The summed E-state index contributed by atoms with van der Waals surface area (Å²) in [6.07, 6.45) is 4.25. The molecule has 0 saturated carbocycles. The average molecular weight is 324 g/mol. The fraction of sp³-hybridized carbons (Fsp3) is 0.200. The van der Waals surface area contributed by atoms with E-state index in [1.54, 1.807) is 0 Å². The smallest absolute Gasteiger partial charge is 0.224 e. The van der Waals surface area contributed by atoms with Gasteiger partial charge in [0, 0.05) is 23.1 Å². The largest absolute Gasteiger partial charge is 0.618 e. The van der Waals surface area contributed by atoms with Crippen LogP contribution in [0.2, 0.25) is 10.0 Å². The van der Waals surface area contributed by atoms with E-state index < -0.39 is 5.41 Å². The van der Waals surface area contributed by atoms with Gasteiger partial charge in [-0.3, -0.25) is 4.79 Å². The SMILES string of the molecule is CC1(C)C2=CC(=O)C=CC2=[N+]([O-])c2cc(Cl)c(O)c(Cl)c21. The van der Waals surface area contributed by atoms with Gasteiger partial charge in [0.2, 0.25) is 11.4 Å². The maximum atomic E-state index is 12.5. The number of aromatic hydroxyl groups is 1. The lowest BCUT2D eigenvalue weighted by Crippen LogP contribution is -2.36. The van der Waals surface area contributed by atoms with E-state index in [2.05, 4.69) is 0 Å². The van der Waals surface area contributed by atoms with Crippen LogP contribution in [-0.2, 0) is 10.2 Å². The number of nitrogens with zero attached hydrogens (tertiary/aromatic N) is 1. The number of benzene rings is 1. The Balaban J connectivity index is 2.45. The number of allylic oxidation sites excluding steroid dienone is 4. The number of carbonyl (C=O) groups excluding carboxylic acids is 1. The lowest BCUT2D eigenvalue weighted by Gasteiger charge is -2.34. The van der Waals surface area contributed by atoms with Gasteiger partial charge in [-0.25, -0.2) is 0 Å². The molecule has 2 aliphatic rings. The van der Waals surface area contributed by atoms with Crippen LogP contribution in [0, 0.1) is 5.21 Å². The Hall–Kier alpha value is -1.78. The molecular formula is C15H11Cl2NO3. The highest BCUT2D eigenvalue weighted by Crippen LogP contribution is 2.50. The average Bonchev–Trinajstić information content (AvgIpc) is 2.42. The third-order valence-corrected chi connectivity index (χ3v) is 4.53. The van der Waals surface area contributed by atoms with Crippen LogP contribution < -0.4 is 0 Å². The molecule has 0 bridgehead atoms. The zero-order valence-corrected chi connectivity index (χ0v) is 12.8. The first-order valence-corrected chi connectivity index (χ1v) is 7.01. The summed E-state index contributed by atoms with van der Waals surface area (Å²) in [5.41, 5.74) is 0.981. The molecule has 0 radical (unpaired) electrons. The molecule has 21 heavy (non-hydrogen) atoms. The monoisotopic (exact) mass is 323 g/mol. The number of phenolic OH excluding ortho intramolecular Hbond substituents is 1. The second-order valence-corrected chi connectivity index (χ2v) is 6.30. The van der Waals surface area contributed by atoms with E-state index in [0.29, 0.717) is 21.6 Å². The molecule has 108 valence electrons. The van der Waals surface area contributed by atoms with Crippen LogP contribution in [0.15, 0.2) is 29.9 Å². The highest BCUT2D eigenvalue weighted by atomic mass is 35.5. The van der Waals surface area contributed by atoms with Crippen molar-refractivity contribution in [3.63, 3.8) is 0 Å². The quantitative estimate of drug-likeness (QED) is 0.450. The third-order valence-electron chi connectivity index (χ3n) is 3.88. The number of rotatable bonds is 0. The molecule has 4 nitrogen and oxygen atoms in total. The second kappa shape index (κ2) is 4.36. The topological polar surface area (TPSA) is 63.4 Å². The van der Waals surface area contributed by atoms with Crippen LogP contribution in [0.25, 0.3) is 0 Å². The number of ketones is 1. The molecule has 0 aromatic heterocycles. The van der Waals surface area contributed by atoms with Crippen molar-refractivity contribution in [1.29, 1.82) is 0 Å². The molecule has 1 aliphatic heterocycles. The van der Waals surface area contributed by atoms with Crippen LogP contribution in [0.4, 0.5) is 5.69 Å². The first-order chi connectivity index (χ1) is 9.75. The van der Waals surface area contributed by atoms with E-state index in [9.17, 15) is 15.1 Å². The summed E-state index contributed by atoms with van der Waals surface area (Å²) >= 11 is 12.1. The van der Waals surface area contributed by atoms with Crippen molar-refractivity contribution < 1.29 is 14.6 Å². The van der Waals surface area contributed by atoms with E-state index in [1.165, 1.54) is 24.3 Å². The van der Waals surface area contributed by atoms with Gasteiger partial charge in [0.1, 0.15) is 0 Å². The fourth-order valence-electron chi connectivity index (χ4n) is 2.81. The molecule has 3 rings (SSSR count). The Morgan fingerprint density at radius 1 is 1.29 bits per heavy atom. The van der Waals surface area contributed by atoms with Crippen LogP contribution in [0.3, 0.4) is 0 Å². The van der Waals surface area contributed by atoms with E-state index >= 15 is 0 Å². The molecule has 0 spiro atoms. The van der Waals surface area contributed by atoms with Crippen LogP contribution >= 0.6 is 23.2 Å². The number of halogens is 2. The summed E-state index contributed by atoms with van der Waals surface area (Å²) in [5, 5.41) is 22.5. The van der Waals surface area contributed by atoms with E-state index in [4.69, 9.17) is 23.2 Å². The van der Waals surface area contributed by atoms with E-state index in [0.717, 1.165) is 0 Å². The fourth-order valence-corrected chi connectivity index (χ4v) is 3.49. The molecule has 6 heteroatoms. The molecule has 1 N–H and O–H groups in total. The van der Waals surface area contributed by atoms with Crippen molar-refractivity contribution in [2.24, 2.45) is 0 Å². The zero-order valence-electron chi connectivity index (χ0n) is 11.3. The van der Waals surface area contributed by atoms with E-state index in [1.807, 2.05) is 13.8 Å². The van der Waals surface area contributed by atoms with Crippen molar-refractivity contribution in [2.45, 2.75) is 19.3 Å². The molecule has 1 aromatic rings. The minimum Gasteiger partial charge on any atom is -0.618 e. The molecule has 1 heterocycles. The van der Waals surface area contributed by atoms with Gasteiger partial charge in [-0.1, -0.05) is 37.0 Å². The Labute approximate surface area is 131 Å². The highest BCUT2D eigenvalue weighted by Gasteiger charge is 2.44. The van der Waals surface area contributed by atoms with Gasteiger partial charge >= 0.3 is 0 Å². The number of carbonyl (C=O) groups is 1. The molecule has 1 aromatic carbocycles. The van der Waals surface area contributed by atoms with Gasteiger partial charge in [0.15, 0.2) is 11.5 Å². The van der Waals surface area contributed by atoms with Crippen molar-refractivity contribution in [2.75, 3.05) is 0 Å². The predicted molar refractivity (Wildman–Crippen MR) is 81.7 cm³/mol. The summed E-state index contributed by atoms with van der Waals surface area (Å²) in [6.45, 7) is 3.69. The highest BCUT2D eigenvalue weighted by molar-refractivity contribution is 6.38. The standard InChI is InChI=1S/C15H11Cl2NO3/c1-15(2)8-5-7(19)3-4-10(8)18(21)11-6-9(16)14(20)13(17)12(11)15/h3-6,20H,1-2H3. The van der Waals surface area contributed by atoms with Gasteiger partial charge < -0.3 is 10.3 Å². The number of hydrogen-bond acceptors (Lipinski definition) is 3. The minimum absolute atomic E-state index is 0.0132. The minimum atomic E-state index is -0.703. The second-order valence-electron chi connectivity index (χ2n) is 5.51. The summed E-state index contributed by atoms with van der Waals surface area (Å²) in [5.74, 6) is -0.451. The van der Waals surface area contributed by atoms with Gasteiger partial charge in [-0.2, -0.15) is 4.74 Å². The van der Waals surface area contributed by atoms with Gasteiger partial charge in [0.25, 0.3) is 0 Å². The van der Waals surface area contributed by atoms with Crippen LogP contribution in [0.1, 0.15) is 19.4 Å². The maximum absolute atomic E-state index is 12.5. The molecule has 0 unspecified atom stereocenters. The van der Waals surface area contributed by atoms with Gasteiger partial charge in [-0.15, -0.1) is 0 Å². The van der Waals surface area contributed by atoms with E-state index in [-0.39, 0.29) is 27.3 Å². The lowest BCUT2D eigenvalue weighted by molar-refractivity contribution is -0.362. The summed E-state index contributed by atoms with van der Waals surface area (Å²) in [7, 11) is 0. The molecule has 0 amide bonds. The number of fused-ring (bicyclic) bond motifs is 2. The van der Waals surface area contributed by atoms with Crippen molar-refractivity contribution >= 4 is 40.4 Å². The zero-order chi connectivity index (χ0) is 15.5. The van der Waals surface area contributed by atoms with Gasteiger partial charge in [-0.05, 0) is 12.2 Å². The molecule has 0 atom stereocenters. The first-order valence-electron chi connectivity index (χ1n) is 6.25. The van der Waals surface area contributed by atoms with Gasteiger partial charge in [0.05, 0.1) is 15.6 Å². The Bertz CT molecular complexity index is 789. The number of hydrogen-bond donors (Lipinski definition) is 1. The third kappa shape index (κ3) is 1.83. The predicted octanol–water partition coefficient (Wildman–Crippen LogP) is 3.64. The lowest BCUT2D eigenvalue weighted by atomic mass is 9.71. The Morgan fingerprint density at radius 2 is 1.95 bits per heavy atom. The summed E-state index contributed by atoms with van der Waals surface area (Å²) < 4.78 is 0.687. The molecule has 0 saturated heterocycles. The Kier molecular flexibility index (Phi) is 2.94.